The van der Waals surface area contributed by atoms with Gasteiger partial charge in [0.25, 0.3) is 0 Å². The average molecular weight is 975 g/mol. The maximum Gasteiger partial charge on any atom is 0.187 e. The highest BCUT2D eigenvalue weighted by atomic mass is 16.8. The maximum atomic E-state index is 12.2. The van der Waals surface area contributed by atoms with Crippen molar-refractivity contribution in [2.45, 2.75) is 210 Å². The molecule has 0 aromatic carbocycles. The average Bonchev–Trinajstić information content (AvgIpc) is 3.29. The van der Waals surface area contributed by atoms with Gasteiger partial charge in [-0.3, -0.25) is 0 Å². The van der Waals surface area contributed by atoms with E-state index in [1.54, 1.807) is 14.0 Å². The van der Waals surface area contributed by atoms with Gasteiger partial charge in [0, 0.05) is 23.9 Å². The van der Waals surface area contributed by atoms with Gasteiger partial charge in [-0.05, 0) is 91.8 Å². The van der Waals surface area contributed by atoms with Gasteiger partial charge in [-0.1, -0.05) is 53.2 Å². The van der Waals surface area contributed by atoms with Crippen molar-refractivity contribution in [3.63, 3.8) is 0 Å². The highest BCUT2D eigenvalue weighted by Crippen LogP contribution is 2.76. The largest absolute Gasteiger partial charge is 0.396 e. The van der Waals surface area contributed by atoms with Crippen LogP contribution < -0.4 is 0 Å². The molecule has 8 aliphatic rings. The Labute approximate surface area is 399 Å². The van der Waals surface area contributed by atoms with Crippen LogP contribution in [0.25, 0.3) is 0 Å². The molecule has 26 atom stereocenters. The van der Waals surface area contributed by atoms with Crippen LogP contribution in [0.5, 0.6) is 0 Å². The Balaban J connectivity index is 1.05. The molecular formula is C49H82O19. The topological polar surface area (TPSA) is 307 Å². The molecule has 19 heteroatoms. The quantitative estimate of drug-likeness (QED) is 0.0892. The lowest BCUT2D eigenvalue weighted by molar-refractivity contribution is -0.391. The summed E-state index contributed by atoms with van der Waals surface area (Å²) >= 11 is 0. The second-order valence-electron chi connectivity index (χ2n) is 23.8. The number of methoxy groups -OCH3 is 1. The molecule has 19 nitrogen and oxygen atoms in total. The van der Waals surface area contributed by atoms with Gasteiger partial charge in [-0.2, -0.15) is 0 Å². The number of aliphatic hydroxyl groups excluding tert-OH is 12. The van der Waals surface area contributed by atoms with Gasteiger partial charge in [-0.15, -0.1) is 0 Å². The Morgan fingerprint density at radius 3 is 1.85 bits per heavy atom. The van der Waals surface area contributed by atoms with Crippen LogP contribution in [-0.2, 0) is 33.2 Å². The first-order valence-electron chi connectivity index (χ1n) is 24.9. The molecule has 7 fully saturated rings. The third kappa shape index (κ3) is 8.12. The fourth-order valence-corrected chi connectivity index (χ4v) is 15.5. The van der Waals surface area contributed by atoms with E-state index in [0.29, 0.717) is 19.3 Å². The number of ether oxygens (including phenoxy) is 7. The van der Waals surface area contributed by atoms with Crippen LogP contribution in [0.2, 0.25) is 0 Å². The van der Waals surface area contributed by atoms with Crippen LogP contribution in [0.3, 0.4) is 0 Å². The molecule has 5 aliphatic carbocycles. The second-order valence-corrected chi connectivity index (χ2v) is 23.8. The lowest BCUT2D eigenvalue weighted by atomic mass is 9.32. The van der Waals surface area contributed by atoms with E-state index in [-0.39, 0.29) is 47.9 Å². The summed E-state index contributed by atoms with van der Waals surface area (Å²) in [5, 5.41) is 132. The molecule has 3 heterocycles. The molecule has 0 aromatic rings. The number of hydrogen-bond donors (Lipinski definition) is 12. The zero-order valence-corrected chi connectivity index (χ0v) is 40.9. The standard InChI is InChI=1S/C49H82O19/c1-22-31(55)38(67-43-39(35(59)33(57)27(19-51)65-43)68-41-36(60)34(58)32(56)26(18-50)64-41)37(61)42(63-22)66-30-10-11-45(4)28(46(30,5)20-52)9-12-47(6)40(45)25(62-8)15-23-24-16-44(2,3)13-14-49(24,21-53)29(54)17-48(23,47)7/h15,22,24-43,50-61H,9-14,16-21H2,1-8H3/t22-,24+,25-,26-,27-,28-,29-,30+,31+,32-,33-,34+,35+,36-,37-,38+,39-,40-,41+,42+,43+,45+,46+,47-,48-,49-/m1/s1. The van der Waals surface area contributed by atoms with Crippen molar-refractivity contribution in [3.8, 4) is 0 Å². The normalized spacial score (nSPS) is 55.8. The van der Waals surface area contributed by atoms with Crippen molar-refractivity contribution < 1.29 is 94.4 Å². The van der Waals surface area contributed by atoms with Crippen molar-refractivity contribution in [1.29, 1.82) is 0 Å². The van der Waals surface area contributed by atoms with Gasteiger partial charge < -0.3 is 94.4 Å². The Hall–Kier alpha value is -1.02. The van der Waals surface area contributed by atoms with Crippen molar-refractivity contribution in [3.05, 3.63) is 11.6 Å². The van der Waals surface area contributed by atoms with E-state index in [1.165, 1.54) is 5.57 Å². The first-order valence-corrected chi connectivity index (χ1v) is 24.9. The summed E-state index contributed by atoms with van der Waals surface area (Å²) in [6, 6.07) is 0. The summed E-state index contributed by atoms with van der Waals surface area (Å²) in [7, 11) is 1.75. The fourth-order valence-electron chi connectivity index (χ4n) is 15.5. The van der Waals surface area contributed by atoms with E-state index in [2.05, 4.69) is 40.7 Å². The Morgan fingerprint density at radius 2 is 1.24 bits per heavy atom. The number of fused-ring (bicyclic) bond motifs is 7. The van der Waals surface area contributed by atoms with Gasteiger partial charge in [0.05, 0.1) is 50.8 Å². The Kier molecular flexibility index (Phi) is 14.9. The molecular weight excluding hydrogens is 893 g/mol. The van der Waals surface area contributed by atoms with Gasteiger partial charge in [0.15, 0.2) is 18.9 Å². The van der Waals surface area contributed by atoms with E-state index in [0.717, 1.165) is 32.1 Å². The molecule has 0 bridgehead atoms. The van der Waals surface area contributed by atoms with Crippen LogP contribution in [0.15, 0.2) is 11.6 Å². The molecule has 8 rings (SSSR count). The van der Waals surface area contributed by atoms with Crippen LogP contribution in [0.1, 0.15) is 99.8 Å². The molecule has 392 valence electrons. The third-order valence-electron chi connectivity index (χ3n) is 19.8. The highest BCUT2D eigenvalue weighted by Gasteiger charge is 2.72. The van der Waals surface area contributed by atoms with Crippen LogP contribution >= 0.6 is 0 Å². The van der Waals surface area contributed by atoms with Gasteiger partial charge in [0.2, 0.25) is 0 Å². The Morgan fingerprint density at radius 1 is 0.618 bits per heavy atom. The molecule has 3 aliphatic heterocycles. The minimum absolute atomic E-state index is 0.00765. The summed E-state index contributed by atoms with van der Waals surface area (Å²) in [4.78, 5) is 0. The van der Waals surface area contributed by atoms with Gasteiger partial charge >= 0.3 is 0 Å². The zero-order chi connectivity index (χ0) is 49.8. The van der Waals surface area contributed by atoms with E-state index < -0.39 is 139 Å². The van der Waals surface area contributed by atoms with E-state index >= 15 is 0 Å². The number of rotatable bonds is 11. The van der Waals surface area contributed by atoms with Crippen LogP contribution in [-0.4, -0.2) is 205 Å². The summed E-state index contributed by atoms with van der Waals surface area (Å²) in [5.41, 5.74) is -1.30. The first kappa shape index (κ1) is 53.3. The van der Waals surface area contributed by atoms with Gasteiger partial charge in [-0.25, -0.2) is 0 Å². The minimum Gasteiger partial charge on any atom is -0.396 e. The van der Waals surface area contributed by atoms with Crippen molar-refractivity contribution in [2.75, 3.05) is 33.5 Å². The predicted octanol–water partition coefficient (Wildman–Crippen LogP) is -0.790. The number of hydrogen-bond acceptors (Lipinski definition) is 19. The number of allylic oxidation sites excluding steroid dienone is 1. The molecule has 0 aromatic heterocycles. The lowest BCUT2D eigenvalue weighted by Gasteiger charge is -2.73. The molecule has 0 unspecified atom stereocenters. The molecule has 0 amide bonds. The van der Waals surface area contributed by atoms with Gasteiger partial charge in [0.1, 0.15) is 67.1 Å². The zero-order valence-electron chi connectivity index (χ0n) is 40.9. The summed E-state index contributed by atoms with van der Waals surface area (Å²) in [6.07, 6.45) is -18.2. The number of aliphatic hydroxyl groups is 12. The molecule has 0 spiro atoms. The van der Waals surface area contributed by atoms with E-state index in [1.807, 2.05) is 6.92 Å². The fraction of sp³-hybridized carbons (Fsp3) is 0.959. The molecule has 4 saturated carbocycles. The first-order chi connectivity index (χ1) is 31.9. The SMILES string of the molecule is CO[C@@H]1C=C2[C@@H]3CC(C)(C)CC[C@]3(CO)[C@H](O)C[C@@]2(C)[C@]2(C)CC[C@H]3[C@](C)(CO)[C@@H](O[C@@H]4O[C@H](C)[C@H](O)[C@H](O[C@@H]5O[C@H](CO)[C@@H](O)[C@H](O)[C@H]5O[C@@H]5O[C@H](CO)[C@@H](O)[C@H](O)[C@H]5O)[C@H]4O)CC[C@]3(C)[C@@H]12. The Bertz CT molecular complexity index is 1800. The van der Waals surface area contributed by atoms with Crippen molar-refractivity contribution in [1.82, 2.24) is 0 Å². The maximum absolute atomic E-state index is 12.2. The molecule has 68 heavy (non-hydrogen) atoms. The lowest BCUT2D eigenvalue weighted by Crippen LogP contribution is -2.70. The van der Waals surface area contributed by atoms with Crippen LogP contribution in [0.4, 0.5) is 0 Å². The minimum atomic E-state index is -1.91. The summed E-state index contributed by atoms with van der Waals surface area (Å²) < 4.78 is 42.7. The highest BCUT2D eigenvalue weighted by molar-refractivity contribution is 5.37. The van der Waals surface area contributed by atoms with Crippen molar-refractivity contribution in [2.24, 2.45) is 50.2 Å². The summed E-state index contributed by atoms with van der Waals surface area (Å²) in [6.45, 7) is 13.2. The molecule has 0 radical (unpaired) electrons. The second kappa shape index (κ2) is 19.0. The molecule has 12 N–H and O–H groups in total. The van der Waals surface area contributed by atoms with E-state index in [9.17, 15) is 61.3 Å². The predicted molar refractivity (Wildman–Crippen MR) is 238 cm³/mol. The summed E-state index contributed by atoms with van der Waals surface area (Å²) in [5.74, 6) is -0.145. The van der Waals surface area contributed by atoms with E-state index in [4.69, 9.17) is 33.2 Å². The van der Waals surface area contributed by atoms with Crippen LogP contribution in [0, 0.1) is 50.2 Å². The third-order valence-corrected chi connectivity index (χ3v) is 19.8. The smallest absolute Gasteiger partial charge is 0.187 e. The van der Waals surface area contributed by atoms with Crippen molar-refractivity contribution >= 4 is 0 Å². The monoisotopic (exact) mass is 975 g/mol. The molecule has 3 saturated heterocycles.